The molecule has 1 aliphatic rings. The molecule has 0 atom stereocenters. The summed E-state index contributed by atoms with van der Waals surface area (Å²) < 4.78 is 0. The van der Waals surface area contributed by atoms with Gasteiger partial charge in [-0.25, -0.2) is 0 Å². The molecule has 0 spiro atoms. The van der Waals surface area contributed by atoms with Gasteiger partial charge in [-0.1, -0.05) is 18.7 Å². The molecule has 2 nitrogen and oxygen atoms in total. The number of rotatable bonds is 3. The monoisotopic (exact) mass is 201 g/mol. The van der Waals surface area contributed by atoms with Gasteiger partial charge < -0.3 is 5.32 Å². The second-order valence-corrected chi connectivity index (χ2v) is 4.02. The van der Waals surface area contributed by atoms with Crippen LogP contribution >= 0.6 is 0 Å². The van der Waals surface area contributed by atoms with Crippen molar-refractivity contribution in [3.63, 3.8) is 0 Å². The van der Waals surface area contributed by atoms with Gasteiger partial charge in [0.1, 0.15) is 0 Å². The number of hydrogen-bond donors (Lipinski definition) is 1. The predicted molar refractivity (Wildman–Crippen MR) is 61.8 cm³/mol. The van der Waals surface area contributed by atoms with Crippen molar-refractivity contribution in [1.29, 1.82) is 0 Å². The third kappa shape index (κ3) is 2.27. The van der Waals surface area contributed by atoms with Gasteiger partial charge in [-0.05, 0) is 43.0 Å². The zero-order chi connectivity index (χ0) is 10.8. The Labute approximate surface area is 90.0 Å². The van der Waals surface area contributed by atoms with Crippen LogP contribution in [-0.2, 0) is 0 Å². The first kappa shape index (κ1) is 9.97. The van der Waals surface area contributed by atoms with Crippen LogP contribution in [0.4, 0.5) is 0 Å². The molecule has 0 aromatic heterocycles. The number of aryl methyl sites for hydroxylation is 1. The highest BCUT2D eigenvalue weighted by atomic mass is 16.1. The maximum Gasteiger partial charge on any atom is 0.251 e. The van der Waals surface area contributed by atoms with E-state index < -0.39 is 0 Å². The summed E-state index contributed by atoms with van der Waals surface area (Å²) in [4.78, 5) is 11.7. The highest BCUT2D eigenvalue weighted by Crippen LogP contribution is 2.20. The Hall–Kier alpha value is -1.57. The van der Waals surface area contributed by atoms with Crippen LogP contribution in [0.25, 0.3) is 6.08 Å². The molecule has 0 heterocycles. The van der Waals surface area contributed by atoms with Crippen LogP contribution in [0.3, 0.4) is 0 Å². The summed E-state index contributed by atoms with van der Waals surface area (Å²) in [7, 11) is 0. The van der Waals surface area contributed by atoms with Gasteiger partial charge in [0.25, 0.3) is 5.91 Å². The molecule has 0 saturated heterocycles. The summed E-state index contributed by atoms with van der Waals surface area (Å²) in [5.74, 6) is 0.0382. The Bertz CT molecular complexity index is 405. The topological polar surface area (TPSA) is 29.1 Å². The summed E-state index contributed by atoms with van der Waals surface area (Å²) in [5, 5.41) is 2.97. The number of benzene rings is 1. The van der Waals surface area contributed by atoms with Gasteiger partial charge in [-0.2, -0.15) is 0 Å². The van der Waals surface area contributed by atoms with Crippen molar-refractivity contribution in [3.05, 3.63) is 41.5 Å². The number of hydrogen-bond acceptors (Lipinski definition) is 1. The van der Waals surface area contributed by atoms with E-state index in [-0.39, 0.29) is 5.91 Å². The minimum Gasteiger partial charge on any atom is -0.349 e. The van der Waals surface area contributed by atoms with Crippen molar-refractivity contribution in [2.75, 3.05) is 0 Å². The molecule has 2 heteroatoms. The minimum atomic E-state index is 0.0382. The molecule has 1 aromatic rings. The van der Waals surface area contributed by atoms with E-state index in [9.17, 15) is 4.79 Å². The van der Waals surface area contributed by atoms with E-state index in [4.69, 9.17) is 0 Å². The summed E-state index contributed by atoms with van der Waals surface area (Å²) in [6.45, 7) is 5.72. The lowest BCUT2D eigenvalue weighted by Crippen LogP contribution is -2.25. The first-order valence-corrected chi connectivity index (χ1v) is 5.24. The van der Waals surface area contributed by atoms with E-state index in [1.165, 1.54) is 0 Å². The highest BCUT2D eigenvalue weighted by Gasteiger charge is 2.23. The number of nitrogens with one attached hydrogen (secondary N) is 1. The summed E-state index contributed by atoms with van der Waals surface area (Å²) in [5.41, 5.74) is 2.91. The maximum atomic E-state index is 11.7. The van der Waals surface area contributed by atoms with Gasteiger partial charge in [-0.3, -0.25) is 4.79 Å². The Morgan fingerprint density at radius 2 is 2.27 bits per heavy atom. The molecule has 1 saturated carbocycles. The van der Waals surface area contributed by atoms with Gasteiger partial charge >= 0.3 is 0 Å². The largest absolute Gasteiger partial charge is 0.349 e. The van der Waals surface area contributed by atoms with Crippen molar-refractivity contribution in [2.45, 2.75) is 25.8 Å². The standard InChI is InChI=1S/C13H15NO/c1-3-10-4-5-11(8-9(10)2)13(15)14-12-6-7-12/h3-5,8,12H,1,6-7H2,2H3,(H,14,15). The van der Waals surface area contributed by atoms with Crippen LogP contribution in [0, 0.1) is 6.92 Å². The number of carbonyl (C=O) groups excluding carboxylic acids is 1. The van der Waals surface area contributed by atoms with E-state index >= 15 is 0 Å². The molecule has 0 bridgehead atoms. The van der Waals surface area contributed by atoms with Crippen LogP contribution in [0.2, 0.25) is 0 Å². The molecule has 1 fully saturated rings. The average Bonchev–Trinajstić information content (AvgIpc) is 3.01. The summed E-state index contributed by atoms with van der Waals surface area (Å²) >= 11 is 0. The van der Waals surface area contributed by atoms with Gasteiger partial charge in [-0.15, -0.1) is 0 Å². The lowest BCUT2D eigenvalue weighted by molar-refractivity contribution is 0.0951. The molecular weight excluding hydrogens is 186 g/mol. The first-order valence-electron chi connectivity index (χ1n) is 5.24. The Morgan fingerprint density at radius 1 is 1.53 bits per heavy atom. The normalized spacial score (nSPS) is 14.7. The Balaban J connectivity index is 2.16. The van der Waals surface area contributed by atoms with Crippen molar-refractivity contribution in [1.82, 2.24) is 5.32 Å². The number of carbonyl (C=O) groups is 1. The molecule has 0 radical (unpaired) electrons. The third-order valence-corrected chi connectivity index (χ3v) is 2.66. The van der Waals surface area contributed by atoms with E-state index in [2.05, 4.69) is 11.9 Å². The van der Waals surface area contributed by atoms with Crippen LogP contribution in [0.1, 0.15) is 34.3 Å². The van der Waals surface area contributed by atoms with Crippen molar-refractivity contribution in [2.24, 2.45) is 0 Å². The van der Waals surface area contributed by atoms with Gasteiger partial charge in [0.05, 0.1) is 0 Å². The Kier molecular flexibility index (Phi) is 2.58. The lowest BCUT2D eigenvalue weighted by atomic mass is 10.0. The molecule has 15 heavy (non-hydrogen) atoms. The van der Waals surface area contributed by atoms with Gasteiger partial charge in [0, 0.05) is 11.6 Å². The quantitative estimate of drug-likeness (QED) is 0.800. The van der Waals surface area contributed by atoms with Gasteiger partial charge in [0.15, 0.2) is 0 Å². The molecule has 0 aliphatic heterocycles. The second-order valence-electron chi connectivity index (χ2n) is 4.02. The Morgan fingerprint density at radius 3 is 2.80 bits per heavy atom. The molecule has 78 valence electrons. The van der Waals surface area contributed by atoms with Crippen LogP contribution in [0.15, 0.2) is 24.8 Å². The molecule has 1 aliphatic carbocycles. The van der Waals surface area contributed by atoms with E-state index in [1.807, 2.05) is 25.1 Å². The first-order chi connectivity index (χ1) is 7.20. The summed E-state index contributed by atoms with van der Waals surface area (Å²) in [6, 6.07) is 6.11. The molecule has 1 amide bonds. The summed E-state index contributed by atoms with van der Waals surface area (Å²) in [6.07, 6.45) is 4.04. The molecule has 2 rings (SSSR count). The maximum absolute atomic E-state index is 11.7. The van der Waals surface area contributed by atoms with E-state index in [0.29, 0.717) is 6.04 Å². The molecule has 1 N–H and O–H groups in total. The van der Waals surface area contributed by atoms with Crippen molar-refractivity contribution < 1.29 is 4.79 Å². The molecule has 1 aromatic carbocycles. The predicted octanol–water partition coefficient (Wildman–Crippen LogP) is 2.53. The molecular formula is C13H15NO. The lowest BCUT2D eigenvalue weighted by Gasteiger charge is -2.06. The van der Waals surface area contributed by atoms with Crippen molar-refractivity contribution >= 4 is 12.0 Å². The fourth-order valence-electron chi connectivity index (χ4n) is 1.54. The van der Waals surface area contributed by atoms with E-state index in [0.717, 1.165) is 29.5 Å². The highest BCUT2D eigenvalue weighted by molar-refractivity contribution is 5.95. The van der Waals surface area contributed by atoms with Crippen molar-refractivity contribution in [3.8, 4) is 0 Å². The van der Waals surface area contributed by atoms with Crippen LogP contribution in [0.5, 0.6) is 0 Å². The number of amides is 1. The zero-order valence-electron chi connectivity index (χ0n) is 8.92. The van der Waals surface area contributed by atoms with E-state index in [1.54, 1.807) is 6.08 Å². The smallest absolute Gasteiger partial charge is 0.251 e. The average molecular weight is 201 g/mol. The third-order valence-electron chi connectivity index (χ3n) is 2.66. The molecule has 0 unspecified atom stereocenters. The zero-order valence-corrected chi connectivity index (χ0v) is 8.92. The second kappa shape index (κ2) is 3.89. The van der Waals surface area contributed by atoms with Crippen LogP contribution in [-0.4, -0.2) is 11.9 Å². The minimum absolute atomic E-state index is 0.0382. The van der Waals surface area contributed by atoms with Gasteiger partial charge in [0.2, 0.25) is 0 Å². The SMILES string of the molecule is C=Cc1ccc(C(=O)NC2CC2)cc1C. The van der Waals surface area contributed by atoms with Crippen LogP contribution < -0.4 is 5.32 Å². The fraction of sp³-hybridized carbons (Fsp3) is 0.308. The fourth-order valence-corrected chi connectivity index (χ4v) is 1.54.